The van der Waals surface area contributed by atoms with Gasteiger partial charge in [0.15, 0.2) is 0 Å². The summed E-state index contributed by atoms with van der Waals surface area (Å²) in [4.78, 5) is 30.8. The van der Waals surface area contributed by atoms with E-state index in [1.807, 2.05) is 6.92 Å². The van der Waals surface area contributed by atoms with Crippen molar-refractivity contribution in [2.24, 2.45) is 0 Å². The van der Waals surface area contributed by atoms with E-state index in [1.54, 1.807) is 24.3 Å². The number of amides is 1. The van der Waals surface area contributed by atoms with Gasteiger partial charge in [0.25, 0.3) is 11.5 Å². The number of hydrogen-bond acceptors (Lipinski definition) is 4. The molecule has 0 aliphatic carbocycles. The van der Waals surface area contributed by atoms with E-state index in [0.29, 0.717) is 37.0 Å². The minimum atomic E-state index is -0.479. The van der Waals surface area contributed by atoms with Crippen LogP contribution in [0.4, 0.5) is 0 Å². The van der Waals surface area contributed by atoms with Crippen molar-refractivity contribution < 1.29 is 9.53 Å². The fourth-order valence-corrected chi connectivity index (χ4v) is 2.05. The maximum atomic E-state index is 12.0. The lowest BCUT2D eigenvalue weighted by Crippen LogP contribution is -2.31. The van der Waals surface area contributed by atoms with Crippen LogP contribution in [0.1, 0.15) is 23.7 Å². The van der Waals surface area contributed by atoms with Crippen molar-refractivity contribution in [2.45, 2.75) is 13.3 Å². The van der Waals surface area contributed by atoms with Gasteiger partial charge in [-0.15, -0.1) is 0 Å². The molecule has 0 atom stereocenters. The summed E-state index contributed by atoms with van der Waals surface area (Å²) in [5.41, 5.74) is 0.224. The Hall–Kier alpha value is -2.18. The summed E-state index contributed by atoms with van der Waals surface area (Å²) >= 11 is 5.82. The van der Waals surface area contributed by atoms with Crippen LogP contribution in [0.15, 0.2) is 35.3 Å². The number of nitrogens with one attached hydrogen (secondary N) is 2. The molecule has 0 saturated heterocycles. The standard InChI is InChI=1S/C16H18ClN3O3/c1-2-23-9-3-8-18-15(21)13-10-19-14(20-16(13)22)11-4-6-12(17)7-5-11/h4-7,10H,2-3,8-9H2,1H3,(H,18,21)(H,19,20,22). The summed E-state index contributed by atoms with van der Waals surface area (Å²) < 4.78 is 5.18. The molecule has 1 aromatic carbocycles. The van der Waals surface area contributed by atoms with Crippen molar-refractivity contribution in [3.63, 3.8) is 0 Å². The third-order valence-electron chi connectivity index (χ3n) is 3.12. The second kappa shape index (κ2) is 8.45. The number of ether oxygens (including phenoxy) is 1. The molecule has 0 radical (unpaired) electrons. The molecule has 2 aromatic rings. The van der Waals surface area contributed by atoms with Crippen LogP contribution in [0.3, 0.4) is 0 Å². The van der Waals surface area contributed by atoms with Crippen molar-refractivity contribution in [3.8, 4) is 11.4 Å². The van der Waals surface area contributed by atoms with E-state index >= 15 is 0 Å². The number of halogens is 1. The Morgan fingerprint density at radius 2 is 2.09 bits per heavy atom. The van der Waals surface area contributed by atoms with Crippen LogP contribution in [0, 0.1) is 0 Å². The third-order valence-corrected chi connectivity index (χ3v) is 3.37. The van der Waals surface area contributed by atoms with E-state index in [1.165, 1.54) is 6.20 Å². The molecule has 0 unspecified atom stereocenters. The molecule has 0 aliphatic heterocycles. The predicted molar refractivity (Wildman–Crippen MR) is 88.7 cm³/mol. The molecule has 0 aliphatic rings. The van der Waals surface area contributed by atoms with Crippen LogP contribution in [0.2, 0.25) is 5.02 Å². The van der Waals surface area contributed by atoms with Crippen LogP contribution in [0.5, 0.6) is 0 Å². The molecule has 0 fully saturated rings. The number of nitrogens with zero attached hydrogens (tertiary/aromatic N) is 1. The van der Waals surface area contributed by atoms with Crippen molar-refractivity contribution >= 4 is 17.5 Å². The second-order valence-corrected chi connectivity index (χ2v) is 5.22. The molecule has 0 bridgehead atoms. The Labute approximate surface area is 138 Å². The van der Waals surface area contributed by atoms with Crippen LogP contribution < -0.4 is 10.9 Å². The molecular formula is C16H18ClN3O3. The first-order valence-corrected chi connectivity index (χ1v) is 7.71. The third kappa shape index (κ3) is 4.91. The minimum Gasteiger partial charge on any atom is -0.382 e. The van der Waals surface area contributed by atoms with Gasteiger partial charge in [-0.1, -0.05) is 11.6 Å². The van der Waals surface area contributed by atoms with Gasteiger partial charge in [-0.2, -0.15) is 0 Å². The average Bonchev–Trinajstić information content (AvgIpc) is 2.55. The first kappa shape index (κ1) is 17.2. The number of benzene rings is 1. The van der Waals surface area contributed by atoms with Crippen molar-refractivity contribution in [1.82, 2.24) is 15.3 Å². The minimum absolute atomic E-state index is 0.0147. The van der Waals surface area contributed by atoms with Gasteiger partial charge in [0.1, 0.15) is 11.4 Å². The Bertz CT molecular complexity index is 713. The van der Waals surface area contributed by atoms with Crippen LogP contribution in [-0.2, 0) is 4.74 Å². The molecule has 23 heavy (non-hydrogen) atoms. The van der Waals surface area contributed by atoms with Crippen LogP contribution in [-0.4, -0.2) is 35.6 Å². The van der Waals surface area contributed by atoms with Crippen LogP contribution >= 0.6 is 11.6 Å². The first-order valence-electron chi connectivity index (χ1n) is 7.33. The van der Waals surface area contributed by atoms with Gasteiger partial charge >= 0.3 is 0 Å². The number of aromatic amines is 1. The largest absolute Gasteiger partial charge is 0.382 e. The predicted octanol–water partition coefficient (Wildman–Crippen LogP) is 2.25. The normalized spacial score (nSPS) is 10.5. The SMILES string of the molecule is CCOCCCNC(=O)c1cnc(-c2ccc(Cl)cc2)[nH]c1=O. The fraction of sp³-hybridized carbons (Fsp3) is 0.312. The number of carbonyl (C=O) groups excluding carboxylic acids is 1. The monoisotopic (exact) mass is 335 g/mol. The summed E-state index contributed by atoms with van der Waals surface area (Å²) in [5, 5.41) is 3.27. The first-order chi connectivity index (χ1) is 11.1. The summed E-state index contributed by atoms with van der Waals surface area (Å²) in [5.74, 6) is -0.0579. The number of rotatable bonds is 7. The number of aromatic nitrogens is 2. The molecule has 1 aromatic heterocycles. The number of hydrogen-bond donors (Lipinski definition) is 2. The number of H-pyrrole nitrogens is 1. The smallest absolute Gasteiger partial charge is 0.264 e. The average molecular weight is 336 g/mol. The van der Waals surface area contributed by atoms with Crippen molar-refractivity contribution in [3.05, 3.63) is 51.4 Å². The highest BCUT2D eigenvalue weighted by Crippen LogP contribution is 2.16. The molecule has 0 saturated carbocycles. The highest BCUT2D eigenvalue weighted by atomic mass is 35.5. The number of carbonyl (C=O) groups is 1. The fourth-order valence-electron chi connectivity index (χ4n) is 1.93. The molecule has 1 amide bonds. The molecule has 2 N–H and O–H groups in total. The van der Waals surface area contributed by atoms with E-state index in [9.17, 15) is 9.59 Å². The molecule has 2 rings (SSSR count). The lowest BCUT2D eigenvalue weighted by atomic mass is 10.2. The van der Waals surface area contributed by atoms with Gasteiger partial charge in [0.2, 0.25) is 0 Å². The highest BCUT2D eigenvalue weighted by molar-refractivity contribution is 6.30. The quantitative estimate of drug-likeness (QED) is 0.760. The van der Waals surface area contributed by atoms with Gasteiger partial charge in [-0.3, -0.25) is 9.59 Å². The zero-order chi connectivity index (χ0) is 16.7. The molecule has 7 heteroatoms. The van der Waals surface area contributed by atoms with E-state index in [4.69, 9.17) is 16.3 Å². The zero-order valence-corrected chi connectivity index (χ0v) is 13.5. The van der Waals surface area contributed by atoms with Gasteiger partial charge < -0.3 is 15.0 Å². The Balaban J connectivity index is 2.03. The van der Waals surface area contributed by atoms with E-state index in [0.717, 1.165) is 5.56 Å². The van der Waals surface area contributed by atoms with E-state index < -0.39 is 11.5 Å². The lowest BCUT2D eigenvalue weighted by molar-refractivity contribution is 0.0942. The summed E-state index contributed by atoms with van der Waals surface area (Å²) in [7, 11) is 0. The molecule has 122 valence electrons. The lowest BCUT2D eigenvalue weighted by Gasteiger charge is -2.06. The van der Waals surface area contributed by atoms with Crippen molar-refractivity contribution in [2.75, 3.05) is 19.8 Å². The molecule has 0 spiro atoms. The maximum absolute atomic E-state index is 12.0. The zero-order valence-electron chi connectivity index (χ0n) is 12.8. The van der Waals surface area contributed by atoms with Gasteiger partial charge in [0.05, 0.1) is 0 Å². The molecular weight excluding hydrogens is 318 g/mol. The topological polar surface area (TPSA) is 84.1 Å². The summed E-state index contributed by atoms with van der Waals surface area (Å²) in [6, 6.07) is 6.90. The van der Waals surface area contributed by atoms with Gasteiger partial charge in [-0.25, -0.2) is 4.98 Å². The van der Waals surface area contributed by atoms with Crippen LogP contribution in [0.25, 0.3) is 11.4 Å². The van der Waals surface area contributed by atoms with Crippen molar-refractivity contribution in [1.29, 1.82) is 0 Å². The Morgan fingerprint density at radius 1 is 1.35 bits per heavy atom. The Kier molecular flexibility index (Phi) is 6.31. The van der Waals surface area contributed by atoms with Gasteiger partial charge in [0, 0.05) is 36.5 Å². The second-order valence-electron chi connectivity index (χ2n) is 4.79. The Morgan fingerprint density at radius 3 is 2.74 bits per heavy atom. The van der Waals surface area contributed by atoms with Gasteiger partial charge in [-0.05, 0) is 37.6 Å². The molecule has 6 nitrogen and oxygen atoms in total. The summed E-state index contributed by atoms with van der Waals surface area (Å²) in [6.45, 7) is 3.56. The summed E-state index contributed by atoms with van der Waals surface area (Å²) in [6.07, 6.45) is 1.97. The van der Waals surface area contributed by atoms with E-state index in [2.05, 4.69) is 15.3 Å². The van der Waals surface area contributed by atoms with E-state index in [-0.39, 0.29) is 5.56 Å². The highest BCUT2D eigenvalue weighted by Gasteiger charge is 2.12. The maximum Gasteiger partial charge on any atom is 0.264 e. The molecule has 1 heterocycles.